The van der Waals surface area contributed by atoms with Gasteiger partial charge < -0.3 is 4.90 Å². The number of amides is 1. The number of aromatic amines is 1. The molecule has 1 unspecified atom stereocenters. The maximum absolute atomic E-state index is 12.7. The molecule has 2 heterocycles. The van der Waals surface area contributed by atoms with Crippen molar-refractivity contribution in [1.82, 2.24) is 15.1 Å². The first-order valence-electron chi connectivity index (χ1n) is 8.02. The number of nitrogens with one attached hydrogen (secondary N) is 1. The molecule has 0 aliphatic carbocycles. The van der Waals surface area contributed by atoms with E-state index in [0.717, 1.165) is 31.4 Å². The predicted octanol–water partition coefficient (Wildman–Crippen LogP) is 1.79. The number of carbonyl (C=O) groups excluding carboxylic acids is 1. The number of rotatable bonds is 7. The maximum Gasteiger partial charge on any atom is 0.274 e. The van der Waals surface area contributed by atoms with Gasteiger partial charge in [-0.25, -0.2) is 8.42 Å². The van der Waals surface area contributed by atoms with Gasteiger partial charge in [-0.05, 0) is 25.3 Å². The first-order chi connectivity index (χ1) is 10.5. The second-order valence-corrected chi connectivity index (χ2v) is 8.17. The van der Waals surface area contributed by atoms with Crippen LogP contribution in [0, 0.1) is 0 Å². The van der Waals surface area contributed by atoms with E-state index in [2.05, 4.69) is 24.0 Å². The number of hydrogen-bond acceptors (Lipinski definition) is 4. The van der Waals surface area contributed by atoms with E-state index in [1.54, 1.807) is 11.0 Å². The van der Waals surface area contributed by atoms with Crippen molar-refractivity contribution in [3.8, 4) is 0 Å². The summed E-state index contributed by atoms with van der Waals surface area (Å²) in [5.41, 5.74) is 1.34. The van der Waals surface area contributed by atoms with E-state index in [1.165, 1.54) is 0 Å². The minimum atomic E-state index is -3.01. The molecular formula is C15H25N3O3S. The van der Waals surface area contributed by atoms with E-state index in [4.69, 9.17) is 0 Å². The van der Waals surface area contributed by atoms with E-state index in [0.29, 0.717) is 18.7 Å². The number of aromatic nitrogens is 2. The van der Waals surface area contributed by atoms with Crippen molar-refractivity contribution in [1.29, 1.82) is 0 Å². The third-order valence-electron chi connectivity index (χ3n) is 4.03. The van der Waals surface area contributed by atoms with Crippen molar-refractivity contribution in [2.24, 2.45) is 0 Å². The Morgan fingerprint density at radius 2 is 2.18 bits per heavy atom. The molecule has 22 heavy (non-hydrogen) atoms. The van der Waals surface area contributed by atoms with Gasteiger partial charge in [-0.1, -0.05) is 26.7 Å². The number of unbranched alkanes of at least 4 members (excludes halogenated alkanes) is 1. The van der Waals surface area contributed by atoms with Crippen LogP contribution in [-0.4, -0.2) is 53.5 Å². The van der Waals surface area contributed by atoms with Crippen molar-refractivity contribution in [2.45, 2.75) is 52.0 Å². The van der Waals surface area contributed by atoms with Crippen LogP contribution >= 0.6 is 0 Å². The van der Waals surface area contributed by atoms with Gasteiger partial charge in [0.1, 0.15) is 5.69 Å². The van der Waals surface area contributed by atoms with Crippen molar-refractivity contribution in [3.05, 3.63) is 17.5 Å². The molecule has 1 atom stereocenters. The highest BCUT2D eigenvalue weighted by molar-refractivity contribution is 7.91. The van der Waals surface area contributed by atoms with Crippen molar-refractivity contribution in [2.75, 3.05) is 18.1 Å². The fraction of sp³-hybridized carbons (Fsp3) is 0.733. The molecule has 1 aliphatic heterocycles. The monoisotopic (exact) mass is 327 g/mol. The Hall–Kier alpha value is -1.37. The second kappa shape index (κ2) is 7.26. The normalized spacial score (nSPS) is 20.2. The van der Waals surface area contributed by atoms with Crippen molar-refractivity contribution < 1.29 is 13.2 Å². The van der Waals surface area contributed by atoms with E-state index >= 15 is 0 Å². The first kappa shape index (κ1) is 17.0. The summed E-state index contributed by atoms with van der Waals surface area (Å²) in [6.45, 7) is 4.71. The van der Waals surface area contributed by atoms with Gasteiger partial charge in [0.2, 0.25) is 0 Å². The molecule has 0 saturated carbocycles. The molecule has 0 bridgehead atoms. The largest absolute Gasteiger partial charge is 0.333 e. The minimum absolute atomic E-state index is 0.0781. The molecule has 1 saturated heterocycles. The lowest BCUT2D eigenvalue weighted by Crippen LogP contribution is -2.42. The topological polar surface area (TPSA) is 83.1 Å². The Kier molecular flexibility index (Phi) is 5.61. The van der Waals surface area contributed by atoms with Crippen LogP contribution in [0.3, 0.4) is 0 Å². The Morgan fingerprint density at radius 1 is 1.41 bits per heavy atom. The van der Waals surface area contributed by atoms with Gasteiger partial charge in [-0.2, -0.15) is 5.10 Å². The molecule has 124 valence electrons. The standard InChI is InChI=1S/C15H25N3O3S/c1-3-5-8-18(13-7-9-22(20,21)11-13)15(19)14-10-12(6-4-2)16-17-14/h10,13H,3-9,11H2,1-2H3,(H,16,17). The number of aryl methyl sites for hydroxylation is 1. The highest BCUT2D eigenvalue weighted by Crippen LogP contribution is 2.20. The fourth-order valence-corrected chi connectivity index (χ4v) is 4.55. The van der Waals surface area contributed by atoms with Gasteiger partial charge in [0.05, 0.1) is 11.5 Å². The van der Waals surface area contributed by atoms with E-state index in [-0.39, 0.29) is 23.5 Å². The van der Waals surface area contributed by atoms with Crippen LogP contribution in [0.5, 0.6) is 0 Å². The minimum Gasteiger partial charge on any atom is -0.333 e. The molecule has 1 amide bonds. The summed E-state index contributed by atoms with van der Waals surface area (Å²) in [6.07, 6.45) is 4.20. The molecule has 0 radical (unpaired) electrons. The van der Waals surface area contributed by atoms with Gasteiger partial charge in [0.15, 0.2) is 9.84 Å². The fourth-order valence-electron chi connectivity index (χ4n) is 2.82. The summed E-state index contributed by atoms with van der Waals surface area (Å²) >= 11 is 0. The summed E-state index contributed by atoms with van der Waals surface area (Å²) in [4.78, 5) is 14.4. The van der Waals surface area contributed by atoms with Crippen LogP contribution in [0.2, 0.25) is 0 Å². The molecule has 7 heteroatoms. The number of carbonyl (C=O) groups is 1. The third kappa shape index (κ3) is 4.09. The molecule has 0 spiro atoms. The van der Waals surface area contributed by atoms with E-state index in [1.807, 2.05) is 0 Å². The summed E-state index contributed by atoms with van der Waals surface area (Å²) in [6, 6.07) is 1.57. The number of sulfone groups is 1. The van der Waals surface area contributed by atoms with Gasteiger partial charge in [0.25, 0.3) is 5.91 Å². The average molecular weight is 327 g/mol. The molecule has 1 aromatic rings. The third-order valence-corrected chi connectivity index (χ3v) is 5.78. The summed E-state index contributed by atoms with van der Waals surface area (Å²) in [7, 11) is -3.01. The van der Waals surface area contributed by atoms with E-state index < -0.39 is 9.84 Å². The lowest BCUT2D eigenvalue weighted by atomic mass is 10.1. The molecule has 0 aromatic carbocycles. The Balaban J connectivity index is 2.15. The quantitative estimate of drug-likeness (QED) is 0.827. The zero-order valence-electron chi connectivity index (χ0n) is 13.3. The molecule has 1 N–H and O–H groups in total. The summed E-state index contributed by atoms with van der Waals surface area (Å²) < 4.78 is 23.4. The van der Waals surface area contributed by atoms with Gasteiger partial charge >= 0.3 is 0 Å². The molecular weight excluding hydrogens is 302 g/mol. The van der Waals surface area contributed by atoms with Crippen LogP contribution in [0.15, 0.2) is 6.07 Å². The van der Waals surface area contributed by atoms with Gasteiger partial charge in [-0.15, -0.1) is 0 Å². The highest BCUT2D eigenvalue weighted by atomic mass is 32.2. The van der Waals surface area contributed by atoms with Crippen LogP contribution in [0.4, 0.5) is 0 Å². The van der Waals surface area contributed by atoms with Crippen LogP contribution < -0.4 is 0 Å². The molecule has 1 aromatic heterocycles. The van der Waals surface area contributed by atoms with E-state index in [9.17, 15) is 13.2 Å². The lowest BCUT2D eigenvalue weighted by molar-refractivity contribution is 0.0688. The smallest absolute Gasteiger partial charge is 0.274 e. The highest BCUT2D eigenvalue weighted by Gasteiger charge is 2.35. The molecule has 1 fully saturated rings. The SMILES string of the molecule is CCCCN(C(=O)c1cc(CCC)[nH]n1)C1CCS(=O)(=O)C1. The number of hydrogen-bond donors (Lipinski definition) is 1. The van der Waals surface area contributed by atoms with Crippen LogP contribution in [0.1, 0.15) is 55.7 Å². The van der Waals surface area contributed by atoms with Gasteiger partial charge in [0, 0.05) is 18.3 Å². The predicted molar refractivity (Wildman–Crippen MR) is 85.6 cm³/mol. The first-order valence-corrected chi connectivity index (χ1v) is 9.84. The number of H-pyrrole nitrogens is 1. The van der Waals surface area contributed by atoms with Crippen LogP contribution in [-0.2, 0) is 16.3 Å². The average Bonchev–Trinajstić information content (AvgIpc) is 3.06. The zero-order chi connectivity index (χ0) is 16.2. The lowest BCUT2D eigenvalue weighted by Gasteiger charge is -2.27. The Labute approximate surface area is 132 Å². The summed E-state index contributed by atoms with van der Waals surface area (Å²) in [5, 5.41) is 7.00. The van der Waals surface area contributed by atoms with Crippen molar-refractivity contribution >= 4 is 15.7 Å². The number of nitrogens with zero attached hydrogens (tertiary/aromatic N) is 2. The second-order valence-electron chi connectivity index (χ2n) is 5.94. The molecule has 2 rings (SSSR count). The van der Waals surface area contributed by atoms with Crippen LogP contribution in [0.25, 0.3) is 0 Å². The molecule has 6 nitrogen and oxygen atoms in total. The Bertz CT molecular complexity index is 609. The zero-order valence-corrected chi connectivity index (χ0v) is 14.2. The summed E-state index contributed by atoms with van der Waals surface area (Å²) in [5.74, 6) is 0.0957. The maximum atomic E-state index is 12.7. The van der Waals surface area contributed by atoms with Gasteiger partial charge in [-0.3, -0.25) is 9.89 Å². The Morgan fingerprint density at radius 3 is 2.77 bits per heavy atom. The molecule has 1 aliphatic rings. The van der Waals surface area contributed by atoms with Crippen molar-refractivity contribution in [3.63, 3.8) is 0 Å².